The van der Waals surface area contributed by atoms with Crippen molar-refractivity contribution in [2.45, 2.75) is 39.5 Å². The first-order valence-corrected chi connectivity index (χ1v) is 9.13. The van der Waals surface area contributed by atoms with Crippen molar-refractivity contribution in [1.29, 1.82) is 0 Å². The summed E-state index contributed by atoms with van der Waals surface area (Å²) < 4.78 is 7.01. The average Bonchev–Trinajstić information content (AvgIpc) is 2.53. The zero-order valence-corrected chi connectivity index (χ0v) is 16.3. The Morgan fingerprint density at radius 2 is 1.87 bits per heavy atom. The summed E-state index contributed by atoms with van der Waals surface area (Å²) in [6, 6.07) is 11.9. The Bertz CT molecular complexity index is 643. The van der Waals surface area contributed by atoms with Gasteiger partial charge in [0.2, 0.25) is 0 Å². The summed E-state index contributed by atoms with van der Waals surface area (Å²) in [4.78, 5) is 0. The van der Waals surface area contributed by atoms with Crippen molar-refractivity contribution >= 4 is 39.1 Å². The second-order valence-corrected chi connectivity index (χ2v) is 7.16. The molecule has 23 heavy (non-hydrogen) atoms. The van der Waals surface area contributed by atoms with Gasteiger partial charge >= 0.3 is 0 Å². The predicted molar refractivity (Wildman–Crippen MR) is 102 cm³/mol. The molecule has 1 N–H and O–H groups in total. The Hall–Kier alpha value is -0.740. The van der Waals surface area contributed by atoms with Gasteiger partial charge in [0.05, 0.1) is 0 Å². The zero-order chi connectivity index (χ0) is 16.8. The molecule has 0 spiro atoms. The maximum Gasteiger partial charge on any atom is 0.124 e. The second-order valence-electron chi connectivity index (χ2n) is 5.43. The molecule has 1 atom stereocenters. The third-order valence-corrected chi connectivity index (χ3v) is 4.91. The van der Waals surface area contributed by atoms with Gasteiger partial charge in [-0.1, -0.05) is 52.1 Å². The van der Waals surface area contributed by atoms with E-state index in [4.69, 9.17) is 27.9 Å². The molecule has 0 bridgehead atoms. The van der Waals surface area contributed by atoms with Gasteiger partial charge in [0.15, 0.2) is 0 Å². The lowest BCUT2D eigenvalue weighted by atomic mass is 10.1. The van der Waals surface area contributed by atoms with Crippen molar-refractivity contribution < 1.29 is 4.74 Å². The maximum atomic E-state index is 6.20. The van der Waals surface area contributed by atoms with Gasteiger partial charge in [0.1, 0.15) is 12.4 Å². The van der Waals surface area contributed by atoms with Crippen LogP contribution in [0.25, 0.3) is 0 Å². The van der Waals surface area contributed by atoms with Crippen LogP contribution in [0.5, 0.6) is 5.75 Å². The summed E-state index contributed by atoms with van der Waals surface area (Å²) in [7, 11) is 0. The number of hydrogen-bond donors (Lipinski definition) is 1. The van der Waals surface area contributed by atoms with Crippen molar-refractivity contribution in [2.24, 2.45) is 0 Å². The molecule has 0 aliphatic rings. The first-order chi connectivity index (χ1) is 11.0. The standard InChI is InChI=1S/C18H20BrCl2NO/c1-3-12(2)22-10-13-9-14(19)7-8-18(13)23-11-15-16(20)5-4-6-17(15)21/h4-9,12,22H,3,10-11H2,1-2H3/t12-/m1/s1. The van der Waals surface area contributed by atoms with Crippen LogP contribution < -0.4 is 10.1 Å². The summed E-state index contributed by atoms with van der Waals surface area (Å²) in [5.74, 6) is 0.833. The van der Waals surface area contributed by atoms with Crippen molar-refractivity contribution in [3.8, 4) is 5.75 Å². The van der Waals surface area contributed by atoms with Crippen LogP contribution >= 0.6 is 39.1 Å². The molecule has 124 valence electrons. The van der Waals surface area contributed by atoms with Gasteiger partial charge in [-0.15, -0.1) is 0 Å². The van der Waals surface area contributed by atoms with E-state index in [0.717, 1.165) is 34.3 Å². The van der Waals surface area contributed by atoms with Gasteiger partial charge in [-0.25, -0.2) is 0 Å². The van der Waals surface area contributed by atoms with Crippen molar-refractivity contribution in [2.75, 3.05) is 0 Å². The minimum absolute atomic E-state index is 0.344. The van der Waals surface area contributed by atoms with Crippen LogP contribution in [0.15, 0.2) is 40.9 Å². The fourth-order valence-electron chi connectivity index (χ4n) is 2.08. The SMILES string of the molecule is CC[C@@H](C)NCc1cc(Br)ccc1OCc1c(Cl)cccc1Cl. The lowest BCUT2D eigenvalue weighted by Gasteiger charge is -2.16. The molecule has 0 saturated heterocycles. The Balaban J connectivity index is 2.13. The van der Waals surface area contributed by atoms with Crippen LogP contribution in [0.3, 0.4) is 0 Å². The predicted octanol–water partition coefficient (Wildman–Crippen LogP) is 6.22. The monoisotopic (exact) mass is 415 g/mol. The Labute approximate surface area is 156 Å². The van der Waals surface area contributed by atoms with Crippen molar-refractivity contribution in [1.82, 2.24) is 5.32 Å². The van der Waals surface area contributed by atoms with Gasteiger partial charge < -0.3 is 10.1 Å². The third kappa shape index (κ3) is 5.39. The summed E-state index contributed by atoms with van der Waals surface area (Å²) in [5.41, 5.74) is 1.91. The van der Waals surface area contributed by atoms with Crippen LogP contribution in [0.1, 0.15) is 31.4 Å². The van der Waals surface area contributed by atoms with E-state index in [0.29, 0.717) is 22.7 Å². The number of rotatable bonds is 7. The van der Waals surface area contributed by atoms with E-state index in [1.54, 1.807) is 0 Å². The average molecular weight is 417 g/mol. The highest BCUT2D eigenvalue weighted by atomic mass is 79.9. The van der Waals surface area contributed by atoms with E-state index in [-0.39, 0.29) is 0 Å². The minimum atomic E-state index is 0.344. The van der Waals surface area contributed by atoms with Gasteiger partial charge in [-0.3, -0.25) is 0 Å². The molecule has 0 heterocycles. The summed E-state index contributed by atoms with van der Waals surface area (Å²) in [6.07, 6.45) is 1.08. The number of hydrogen-bond acceptors (Lipinski definition) is 2. The zero-order valence-electron chi connectivity index (χ0n) is 13.2. The molecule has 5 heteroatoms. The number of halogens is 3. The summed E-state index contributed by atoms with van der Waals surface area (Å²) >= 11 is 15.9. The fraction of sp³-hybridized carbons (Fsp3) is 0.333. The lowest BCUT2D eigenvalue weighted by molar-refractivity contribution is 0.301. The van der Waals surface area contributed by atoms with Crippen LogP contribution in [0.2, 0.25) is 10.0 Å². The minimum Gasteiger partial charge on any atom is -0.488 e. The van der Waals surface area contributed by atoms with E-state index in [1.807, 2.05) is 30.3 Å². The Morgan fingerprint density at radius 1 is 1.17 bits per heavy atom. The van der Waals surface area contributed by atoms with Gasteiger partial charge in [-0.2, -0.15) is 0 Å². The van der Waals surface area contributed by atoms with E-state index in [2.05, 4.69) is 41.2 Å². The molecule has 2 aromatic rings. The quantitative estimate of drug-likeness (QED) is 0.578. The molecule has 0 aromatic heterocycles. The van der Waals surface area contributed by atoms with Crippen LogP contribution in [0, 0.1) is 0 Å². The summed E-state index contributed by atoms with van der Waals surface area (Å²) in [5, 5.41) is 4.72. The van der Waals surface area contributed by atoms with Gasteiger partial charge in [-0.05, 0) is 43.7 Å². The third-order valence-electron chi connectivity index (χ3n) is 3.71. The molecule has 0 aliphatic heterocycles. The number of ether oxygens (including phenoxy) is 1. The highest BCUT2D eigenvalue weighted by Crippen LogP contribution is 2.28. The molecular weight excluding hydrogens is 397 g/mol. The molecular formula is C18H20BrCl2NO. The molecule has 0 amide bonds. The van der Waals surface area contributed by atoms with Gasteiger partial charge in [0.25, 0.3) is 0 Å². The summed E-state index contributed by atoms with van der Waals surface area (Å²) in [6.45, 7) is 5.42. The largest absolute Gasteiger partial charge is 0.488 e. The Morgan fingerprint density at radius 3 is 2.52 bits per heavy atom. The number of nitrogens with one attached hydrogen (secondary N) is 1. The second kappa shape index (κ2) is 8.93. The molecule has 0 unspecified atom stereocenters. The molecule has 0 aliphatic carbocycles. The fourth-order valence-corrected chi connectivity index (χ4v) is 2.99. The highest BCUT2D eigenvalue weighted by molar-refractivity contribution is 9.10. The maximum absolute atomic E-state index is 6.20. The first-order valence-electron chi connectivity index (χ1n) is 7.58. The number of benzene rings is 2. The molecule has 0 radical (unpaired) electrons. The topological polar surface area (TPSA) is 21.3 Å². The van der Waals surface area contributed by atoms with E-state index >= 15 is 0 Å². The van der Waals surface area contributed by atoms with E-state index in [9.17, 15) is 0 Å². The van der Waals surface area contributed by atoms with E-state index in [1.165, 1.54) is 0 Å². The van der Waals surface area contributed by atoms with Crippen molar-refractivity contribution in [3.63, 3.8) is 0 Å². The normalized spacial score (nSPS) is 12.2. The van der Waals surface area contributed by atoms with Crippen molar-refractivity contribution in [3.05, 3.63) is 62.0 Å². The molecule has 2 nitrogen and oxygen atoms in total. The van der Waals surface area contributed by atoms with Crippen LogP contribution in [-0.2, 0) is 13.2 Å². The van der Waals surface area contributed by atoms with Crippen LogP contribution in [-0.4, -0.2) is 6.04 Å². The molecule has 2 aromatic carbocycles. The Kier molecular flexibility index (Phi) is 7.22. The van der Waals surface area contributed by atoms with Crippen LogP contribution in [0.4, 0.5) is 0 Å². The van der Waals surface area contributed by atoms with E-state index < -0.39 is 0 Å². The highest BCUT2D eigenvalue weighted by Gasteiger charge is 2.10. The first kappa shape index (κ1) is 18.6. The van der Waals surface area contributed by atoms with Gasteiger partial charge in [0, 0.05) is 38.2 Å². The lowest BCUT2D eigenvalue weighted by Crippen LogP contribution is -2.24. The smallest absolute Gasteiger partial charge is 0.124 e. The molecule has 0 saturated carbocycles. The molecule has 0 fully saturated rings. The molecule has 2 rings (SSSR count).